The number of hydrogen-bond acceptors (Lipinski definition) is 6. The number of rotatable bonds is 7. The van der Waals surface area contributed by atoms with Gasteiger partial charge in [0, 0.05) is 23.6 Å². The first-order valence-corrected chi connectivity index (χ1v) is 10.6. The summed E-state index contributed by atoms with van der Waals surface area (Å²) in [4.78, 5) is 19.4. The Kier molecular flexibility index (Phi) is 6.62. The summed E-state index contributed by atoms with van der Waals surface area (Å²) >= 11 is 0. The Morgan fingerprint density at radius 2 is 1.90 bits per heavy atom. The molecule has 0 atom stereocenters. The van der Waals surface area contributed by atoms with Crippen molar-refractivity contribution in [2.75, 3.05) is 20.2 Å². The predicted octanol–water partition coefficient (Wildman–Crippen LogP) is 3.58. The molecule has 0 spiro atoms. The molecule has 1 aliphatic heterocycles. The largest absolute Gasteiger partial charge is 0.496 e. The Morgan fingerprint density at radius 1 is 1.16 bits per heavy atom. The summed E-state index contributed by atoms with van der Waals surface area (Å²) < 4.78 is 10.8. The number of aryl methyl sites for hydroxylation is 1. The minimum Gasteiger partial charge on any atom is -0.496 e. The molecule has 1 aliphatic rings. The first kappa shape index (κ1) is 21.1. The highest BCUT2D eigenvalue weighted by Crippen LogP contribution is 2.22. The van der Waals surface area contributed by atoms with Crippen molar-refractivity contribution in [3.05, 3.63) is 65.5 Å². The van der Waals surface area contributed by atoms with Crippen molar-refractivity contribution in [3.63, 3.8) is 0 Å². The summed E-state index contributed by atoms with van der Waals surface area (Å²) in [6.45, 7) is 4.83. The van der Waals surface area contributed by atoms with E-state index < -0.39 is 0 Å². The third-order valence-corrected chi connectivity index (χ3v) is 5.74. The third kappa shape index (κ3) is 5.30. The van der Waals surface area contributed by atoms with Crippen LogP contribution in [-0.2, 0) is 17.9 Å². The molecule has 2 heterocycles. The predicted molar refractivity (Wildman–Crippen MR) is 117 cm³/mol. The SMILES string of the molecule is COc1ccccc1CNC(=O)C1CCN(Cc2noc(-c3ccc(C)cc3)n2)CC1. The van der Waals surface area contributed by atoms with E-state index in [9.17, 15) is 4.79 Å². The molecule has 2 aromatic carbocycles. The maximum absolute atomic E-state index is 12.6. The molecule has 1 N–H and O–H groups in total. The molecule has 7 nitrogen and oxygen atoms in total. The highest BCUT2D eigenvalue weighted by Gasteiger charge is 2.26. The van der Waals surface area contributed by atoms with Crippen molar-refractivity contribution in [3.8, 4) is 17.2 Å². The highest BCUT2D eigenvalue weighted by molar-refractivity contribution is 5.78. The Morgan fingerprint density at radius 3 is 2.65 bits per heavy atom. The summed E-state index contributed by atoms with van der Waals surface area (Å²) in [6, 6.07) is 15.8. The molecule has 1 amide bonds. The molecule has 0 radical (unpaired) electrons. The standard InChI is InChI=1S/C24H28N4O3/c1-17-7-9-19(10-8-17)24-26-22(27-31-24)16-28-13-11-18(12-14-28)23(29)25-15-20-5-3-4-6-21(20)30-2/h3-10,18H,11-16H2,1-2H3,(H,25,29). The zero-order valence-corrected chi connectivity index (χ0v) is 18.0. The molecule has 31 heavy (non-hydrogen) atoms. The van der Waals surface area contributed by atoms with Crippen molar-refractivity contribution in [2.24, 2.45) is 5.92 Å². The zero-order chi connectivity index (χ0) is 21.6. The van der Waals surface area contributed by atoms with Gasteiger partial charge in [-0.1, -0.05) is 41.1 Å². The van der Waals surface area contributed by atoms with Crippen molar-refractivity contribution in [2.45, 2.75) is 32.9 Å². The molecule has 0 unspecified atom stereocenters. The van der Waals surface area contributed by atoms with Crippen molar-refractivity contribution >= 4 is 5.91 Å². The minimum atomic E-state index is 0.0272. The van der Waals surface area contributed by atoms with Crippen LogP contribution < -0.4 is 10.1 Å². The summed E-state index contributed by atoms with van der Waals surface area (Å²) in [5.41, 5.74) is 3.10. The van der Waals surface area contributed by atoms with Crippen molar-refractivity contribution < 1.29 is 14.1 Å². The van der Waals surface area contributed by atoms with Gasteiger partial charge in [0.15, 0.2) is 5.82 Å². The first-order chi connectivity index (χ1) is 15.1. The third-order valence-electron chi connectivity index (χ3n) is 5.74. The van der Waals surface area contributed by atoms with Crippen LogP contribution in [0.5, 0.6) is 5.75 Å². The van der Waals surface area contributed by atoms with E-state index >= 15 is 0 Å². The van der Waals surface area contributed by atoms with Gasteiger partial charge in [0.2, 0.25) is 5.91 Å². The summed E-state index contributed by atoms with van der Waals surface area (Å²) in [7, 11) is 1.64. The highest BCUT2D eigenvalue weighted by atomic mass is 16.5. The molecule has 0 aliphatic carbocycles. The van der Waals surface area contributed by atoms with Crippen molar-refractivity contribution in [1.82, 2.24) is 20.4 Å². The molecule has 1 fully saturated rings. The van der Waals surface area contributed by atoms with Gasteiger partial charge in [-0.15, -0.1) is 0 Å². The molecule has 7 heteroatoms. The van der Waals surface area contributed by atoms with Gasteiger partial charge < -0.3 is 14.6 Å². The minimum absolute atomic E-state index is 0.0272. The molecular weight excluding hydrogens is 392 g/mol. The maximum atomic E-state index is 12.6. The molecule has 4 rings (SSSR count). The Balaban J connectivity index is 1.25. The van der Waals surface area contributed by atoms with Gasteiger partial charge >= 0.3 is 0 Å². The second-order valence-corrected chi connectivity index (χ2v) is 7.96. The quantitative estimate of drug-likeness (QED) is 0.629. The average Bonchev–Trinajstić information content (AvgIpc) is 3.27. The van der Waals surface area contributed by atoms with Gasteiger partial charge in [-0.25, -0.2) is 0 Å². The fraction of sp³-hybridized carbons (Fsp3) is 0.375. The molecule has 3 aromatic rings. The van der Waals surface area contributed by atoms with Gasteiger partial charge in [-0.2, -0.15) is 4.98 Å². The Hall–Kier alpha value is -3.19. The normalized spacial score (nSPS) is 15.0. The van der Waals surface area contributed by atoms with E-state index in [-0.39, 0.29) is 11.8 Å². The van der Waals surface area contributed by atoms with E-state index in [0.717, 1.165) is 42.8 Å². The number of methoxy groups -OCH3 is 1. The number of nitrogens with one attached hydrogen (secondary N) is 1. The molecule has 0 saturated carbocycles. The van der Waals surface area contributed by atoms with Crippen LogP contribution in [-0.4, -0.2) is 41.1 Å². The molecular formula is C24H28N4O3. The van der Waals surface area contributed by atoms with Crippen molar-refractivity contribution in [1.29, 1.82) is 0 Å². The lowest BCUT2D eigenvalue weighted by atomic mass is 9.96. The van der Waals surface area contributed by atoms with E-state index in [1.165, 1.54) is 5.56 Å². The van der Waals surface area contributed by atoms with Crippen LogP contribution in [0.4, 0.5) is 0 Å². The number of ether oxygens (including phenoxy) is 1. The van der Waals surface area contributed by atoms with Gasteiger partial charge in [0.25, 0.3) is 5.89 Å². The monoisotopic (exact) mass is 420 g/mol. The smallest absolute Gasteiger partial charge is 0.257 e. The summed E-state index contributed by atoms with van der Waals surface area (Å²) in [6.07, 6.45) is 1.64. The van der Waals surface area contributed by atoms with Crippen LogP contribution in [0.2, 0.25) is 0 Å². The topological polar surface area (TPSA) is 80.5 Å². The van der Waals surface area contributed by atoms with E-state index in [1.807, 2.05) is 55.5 Å². The van der Waals surface area contributed by atoms with E-state index in [0.29, 0.717) is 24.8 Å². The van der Waals surface area contributed by atoms with Gasteiger partial charge in [0.1, 0.15) is 5.75 Å². The molecule has 0 bridgehead atoms. The lowest BCUT2D eigenvalue weighted by Crippen LogP contribution is -2.40. The number of likely N-dealkylation sites (tertiary alicyclic amines) is 1. The molecule has 1 aromatic heterocycles. The van der Waals surface area contributed by atoms with Gasteiger partial charge in [-0.3, -0.25) is 9.69 Å². The number of aromatic nitrogens is 2. The number of piperidine rings is 1. The Labute approximate surface area is 182 Å². The first-order valence-electron chi connectivity index (χ1n) is 10.6. The fourth-order valence-electron chi connectivity index (χ4n) is 3.86. The van der Waals surface area contributed by atoms with Crippen LogP contribution in [0.3, 0.4) is 0 Å². The lowest BCUT2D eigenvalue weighted by molar-refractivity contribution is -0.126. The van der Waals surface area contributed by atoms with Gasteiger partial charge in [0.05, 0.1) is 13.7 Å². The van der Waals surface area contributed by atoms with E-state index in [4.69, 9.17) is 9.26 Å². The number of para-hydroxylation sites is 1. The van der Waals surface area contributed by atoms with Gasteiger partial charge in [-0.05, 0) is 51.1 Å². The summed E-state index contributed by atoms with van der Waals surface area (Å²) in [5.74, 6) is 2.14. The average molecular weight is 421 g/mol. The van der Waals surface area contributed by atoms with E-state index in [2.05, 4.69) is 20.4 Å². The molecule has 1 saturated heterocycles. The molecule has 162 valence electrons. The summed E-state index contributed by atoms with van der Waals surface area (Å²) in [5, 5.41) is 7.18. The second-order valence-electron chi connectivity index (χ2n) is 7.96. The number of carbonyl (C=O) groups excluding carboxylic acids is 1. The lowest BCUT2D eigenvalue weighted by Gasteiger charge is -2.30. The van der Waals surface area contributed by atoms with Crippen LogP contribution >= 0.6 is 0 Å². The number of carbonyl (C=O) groups is 1. The number of benzene rings is 2. The van der Waals surface area contributed by atoms with Crippen LogP contribution in [0.1, 0.15) is 29.8 Å². The number of amides is 1. The second kappa shape index (κ2) is 9.75. The Bertz CT molecular complexity index is 1010. The zero-order valence-electron chi connectivity index (χ0n) is 18.0. The van der Waals surface area contributed by atoms with Crippen LogP contribution in [0.25, 0.3) is 11.5 Å². The number of nitrogens with zero attached hydrogens (tertiary/aromatic N) is 3. The number of hydrogen-bond donors (Lipinski definition) is 1. The maximum Gasteiger partial charge on any atom is 0.257 e. The van der Waals surface area contributed by atoms with Crippen LogP contribution in [0, 0.1) is 12.8 Å². The fourth-order valence-corrected chi connectivity index (χ4v) is 3.86. The van der Waals surface area contributed by atoms with Crippen LogP contribution in [0.15, 0.2) is 53.1 Å². The van der Waals surface area contributed by atoms with E-state index in [1.54, 1.807) is 7.11 Å².